The van der Waals surface area contributed by atoms with Crippen LogP contribution in [0.15, 0.2) is 90.5 Å². The second-order valence-corrected chi connectivity index (χ2v) is 7.56. The average Bonchev–Trinajstić information content (AvgIpc) is 3.51. The van der Waals surface area contributed by atoms with Crippen molar-refractivity contribution in [1.82, 2.24) is 14.7 Å². The normalized spacial score (nSPS) is 15.2. The monoisotopic (exact) mass is 426 g/mol. The van der Waals surface area contributed by atoms with Gasteiger partial charge in [0.15, 0.2) is 6.10 Å². The Morgan fingerprint density at radius 1 is 1.09 bits per heavy atom. The van der Waals surface area contributed by atoms with Gasteiger partial charge in [0.2, 0.25) is 0 Å². The van der Waals surface area contributed by atoms with E-state index in [2.05, 4.69) is 27.6 Å². The number of para-hydroxylation sites is 1. The fourth-order valence-corrected chi connectivity index (χ4v) is 3.65. The maximum atomic E-state index is 12.5. The smallest absolute Gasteiger partial charge is 0.253 e. The maximum absolute atomic E-state index is 12.5. The largest absolute Gasteiger partial charge is 0.489 e. The quantitative estimate of drug-likeness (QED) is 0.485. The molecule has 0 fully saturated rings. The standard InChI is InChI=1S/C25H22N4O3/c30-25(19-10-11-24-26-12-13-29(24)16-19)27-15-20-14-21(32-28-20)17-31-23-9-5-4-8-22(23)18-6-2-1-3-7-18/h1-13,16,21H,14-15,17H2,(H,27,30). The summed E-state index contributed by atoms with van der Waals surface area (Å²) in [5, 5.41) is 7.02. The molecule has 7 nitrogen and oxygen atoms in total. The number of carbonyl (C=O) groups excluding carboxylic acids is 1. The van der Waals surface area contributed by atoms with Gasteiger partial charge in [0, 0.05) is 30.6 Å². The minimum Gasteiger partial charge on any atom is -0.489 e. The highest BCUT2D eigenvalue weighted by Crippen LogP contribution is 2.30. The number of hydrogen-bond acceptors (Lipinski definition) is 5. The van der Waals surface area contributed by atoms with E-state index in [4.69, 9.17) is 9.57 Å². The third kappa shape index (κ3) is 4.32. The van der Waals surface area contributed by atoms with Crippen LogP contribution >= 0.6 is 0 Å². The molecule has 4 aromatic rings. The zero-order chi connectivity index (χ0) is 21.8. The van der Waals surface area contributed by atoms with Crippen LogP contribution in [-0.4, -0.2) is 40.3 Å². The summed E-state index contributed by atoms with van der Waals surface area (Å²) in [5.41, 5.74) is 4.28. The van der Waals surface area contributed by atoms with Crippen molar-refractivity contribution in [2.75, 3.05) is 13.2 Å². The van der Waals surface area contributed by atoms with Crippen molar-refractivity contribution in [3.05, 3.63) is 90.9 Å². The van der Waals surface area contributed by atoms with Crippen LogP contribution < -0.4 is 10.1 Å². The van der Waals surface area contributed by atoms with Crippen molar-refractivity contribution in [2.24, 2.45) is 5.16 Å². The van der Waals surface area contributed by atoms with Crippen molar-refractivity contribution in [3.8, 4) is 16.9 Å². The molecule has 0 spiro atoms. The van der Waals surface area contributed by atoms with E-state index < -0.39 is 0 Å². The molecule has 0 radical (unpaired) electrons. The number of fused-ring (bicyclic) bond motifs is 1. The number of carbonyl (C=O) groups is 1. The first kappa shape index (κ1) is 19.8. The lowest BCUT2D eigenvalue weighted by Crippen LogP contribution is -2.30. The summed E-state index contributed by atoms with van der Waals surface area (Å²) in [6, 6.07) is 21.6. The second kappa shape index (κ2) is 8.93. The van der Waals surface area contributed by atoms with Crippen molar-refractivity contribution >= 4 is 17.3 Å². The number of benzene rings is 2. The number of oxime groups is 1. The van der Waals surface area contributed by atoms with Crippen LogP contribution in [-0.2, 0) is 4.84 Å². The van der Waals surface area contributed by atoms with E-state index in [-0.39, 0.29) is 12.0 Å². The molecule has 7 heteroatoms. The van der Waals surface area contributed by atoms with Crippen LogP contribution in [0.2, 0.25) is 0 Å². The van der Waals surface area contributed by atoms with E-state index in [1.54, 1.807) is 18.5 Å². The lowest BCUT2D eigenvalue weighted by atomic mass is 10.0. The summed E-state index contributed by atoms with van der Waals surface area (Å²) in [5.74, 6) is 0.638. The number of nitrogens with one attached hydrogen (secondary N) is 1. The first-order valence-electron chi connectivity index (χ1n) is 10.5. The Kier molecular flexibility index (Phi) is 5.53. The van der Waals surface area contributed by atoms with Crippen LogP contribution in [0.4, 0.5) is 0 Å². The van der Waals surface area contributed by atoms with Gasteiger partial charge in [-0.1, -0.05) is 53.7 Å². The average molecular weight is 426 g/mol. The number of pyridine rings is 1. The highest BCUT2D eigenvalue weighted by molar-refractivity contribution is 5.98. The molecular weight excluding hydrogens is 404 g/mol. The zero-order valence-electron chi connectivity index (χ0n) is 17.3. The Morgan fingerprint density at radius 2 is 1.94 bits per heavy atom. The lowest BCUT2D eigenvalue weighted by Gasteiger charge is -2.14. The van der Waals surface area contributed by atoms with Crippen molar-refractivity contribution in [3.63, 3.8) is 0 Å². The Hall–Kier alpha value is -4.13. The molecule has 2 aromatic heterocycles. The van der Waals surface area contributed by atoms with Crippen molar-refractivity contribution in [2.45, 2.75) is 12.5 Å². The summed E-state index contributed by atoms with van der Waals surface area (Å²) in [6.07, 6.45) is 5.68. The molecule has 5 rings (SSSR count). The first-order valence-corrected chi connectivity index (χ1v) is 10.5. The number of aromatic nitrogens is 2. The predicted molar refractivity (Wildman–Crippen MR) is 122 cm³/mol. The Bertz CT molecular complexity index is 1270. The van der Waals surface area contributed by atoms with Gasteiger partial charge < -0.3 is 19.3 Å². The molecule has 0 saturated heterocycles. The zero-order valence-corrected chi connectivity index (χ0v) is 17.3. The minimum absolute atomic E-state index is 0.167. The molecule has 3 heterocycles. The van der Waals surface area contributed by atoms with E-state index in [9.17, 15) is 4.79 Å². The summed E-state index contributed by atoms with van der Waals surface area (Å²) >= 11 is 0. The maximum Gasteiger partial charge on any atom is 0.253 e. The van der Waals surface area contributed by atoms with Crippen LogP contribution in [0.5, 0.6) is 5.75 Å². The van der Waals surface area contributed by atoms with Gasteiger partial charge in [-0.05, 0) is 23.8 Å². The fraction of sp³-hybridized carbons (Fsp3) is 0.160. The van der Waals surface area contributed by atoms with Gasteiger partial charge in [0.1, 0.15) is 18.0 Å². The first-order chi connectivity index (χ1) is 15.8. The third-order valence-corrected chi connectivity index (χ3v) is 5.29. The van der Waals surface area contributed by atoms with Gasteiger partial charge in [0.05, 0.1) is 17.8 Å². The molecule has 1 N–H and O–H groups in total. The third-order valence-electron chi connectivity index (χ3n) is 5.29. The van der Waals surface area contributed by atoms with Crippen LogP contribution in [0, 0.1) is 0 Å². The molecule has 0 aliphatic carbocycles. The fourth-order valence-electron chi connectivity index (χ4n) is 3.65. The van der Waals surface area contributed by atoms with Gasteiger partial charge in [-0.3, -0.25) is 4.79 Å². The summed E-state index contributed by atoms with van der Waals surface area (Å²) in [6.45, 7) is 0.708. The summed E-state index contributed by atoms with van der Waals surface area (Å²) in [7, 11) is 0. The van der Waals surface area contributed by atoms with E-state index in [1.165, 1.54) is 0 Å². The topological polar surface area (TPSA) is 77.2 Å². The van der Waals surface area contributed by atoms with E-state index >= 15 is 0 Å². The Balaban J connectivity index is 1.13. The van der Waals surface area contributed by atoms with E-state index in [0.29, 0.717) is 25.1 Å². The molecule has 32 heavy (non-hydrogen) atoms. The van der Waals surface area contributed by atoms with Crippen LogP contribution in [0.25, 0.3) is 16.8 Å². The number of amides is 1. The highest BCUT2D eigenvalue weighted by Gasteiger charge is 2.23. The van der Waals surface area contributed by atoms with Crippen LogP contribution in [0.1, 0.15) is 16.8 Å². The number of hydrogen-bond donors (Lipinski definition) is 1. The second-order valence-electron chi connectivity index (χ2n) is 7.56. The molecule has 2 aromatic carbocycles. The minimum atomic E-state index is -0.187. The Morgan fingerprint density at radius 3 is 2.84 bits per heavy atom. The van der Waals surface area contributed by atoms with Crippen molar-refractivity contribution in [1.29, 1.82) is 0 Å². The highest BCUT2D eigenvalue weighted by atomic mass is 16.7. The molecule has 1 atom stereocenters. The van der Waals surface area contributed by atoms with Crippen molar-refractivity contribution < 1.29 is 14.4 Å². The SMILES string of the molecule is O=C(NCC1=NOC(COc2ccccc2-c2ccccc2)C1)c1ccc2nccn2c1. The van der Waals surface area contributed by atoms with Gasteiger partial charge in [-0.2, -0.15) is 0 Å². The van der Waals surface area contributed by atoms with Gasteiger partial charge >= 0.3 is 0 Å². The summed E-state index contributed by atoms with van der Waals surface area (Å²) < 4.78 is 7.87. The summed E-state index contributed by atoms with van der Waals surface area (Å²) in [4.78, 5) is 22.2. The number of imidazole rings is 1. The Labute approximate surface area is 185 Å². The van der Waals surface area contributed by atoms with Gasteiger partial charge in [-0.15, -0.1) is 0 Å². The number of ether oxygens (including phenoxy) is 1. The van der Waals surface area contributed by atoms with Gasteiger partial charge in [-0.25, -0.2) is 4.98 Å². The molecule has 1 amide bonds. The van der Waals surface area contributed by atoms with Crippen LogP contribution in [0.3, 0.4) is 0 Å². The number of rotatable bonds is 7. The van der Waals surface area contributed by atoms with E-state index in [0.717, 1.165) is 28.2 Å². The van der Waals surface area contributed by atoms with Gasteiger partial charge in [0.25, 0.3) is 5.91 Å². The number of nitrogens with zero attached hydrogens (tertiary/aromatic N) is 3. The molecule has 1 unspecified atom stereocenters. The predicted octanol–water partition coefficient (Wildman–Crippen LogP) is 3.96. The molecule has 1 aliphatic rings. The molecule has 0 saturated carbocycles. The van der Waals surface area contributed by atoms with E-state index in [1.807, 2.05) is 59.1 Å². The molecule has 160 valence electrons. The molecule has 0 bridgehead atoms. The molecule has 1 aliphatic heterocycles. The molecular formula is C25H22N4O3. The lowest BCUT2D eigenvalue weighted by molar-refractivity contribution is 0.0472.